The lowest BCUT2D eigenvalue weighted by Crippen LogP contribution is -2.30. The van der Waals surface area contributed by atoms with Crippen molar-refractivity contribution in [3.8, 4) is 0 Å². The lowest BCUT2D eigenvalue weighted by Gasteiger charge is -2.16. The van der Waals surface area contributed by atoms with Gasteiger partial charge in [0.15, 0.2) is 5.69 Å². The second kappa shape index (κ2) is 5.25. The number of rotatable bonds is 4. The zero-order chi connectivity index (χ0) is 13.8. The summed E-state index contributed by atoms with van der Waals surface area (Å²) in [5, 5.41) is 15.7. The van der Waals surface area contributed by atoms with Crippen LogP contribution in [0.2, 0.25) is 0 Å². The quantitative estimate of drug-likeness (QED) is 0.833. The first-order chi connectivity index (χ1) is 9.08. The van der Waals surface area contributed by atoms with Gasteiger partial charge < -0.3 is 10.0 Å². The van der Waals surface area contributed by atoms with Crippen molar-refractivity contribution in [3.05, 3.63) is 36.4 Å². The van der Waals surface area contributed by atoms with Crippen molar-refractivity contribution in [1.82, 2.24) is 20.0 Å². The molecule has 2 rings (SSSR count). The third-order valence-corrected chi connectivity index (χ3v) is 2.46. The summed E-state index contributed by atoms with van der Waals surface area (Å²) in [4.78, 5) is 27.9. The van der Waals surface area contributed by atoms with Gasteiger partial charge in [0.2, 0.25) is 5.91 Å². The molecule has 0 aliphatic carbocycles. The van der Waals surface area contributed by atoms with E-state index >= 15 is 0 Å². The first-order valence-corrected chi connectivity index (χ1v) is 5.38. The Bertz CT molecular complexity index is 595. The zero-order valence-corrected chi connectivity index (χ0v) is 10.1. The van der Waals surface area contributed by atoms with Crippen LogP contribution in [-0.2, 0) is 11.3 Å². The number of amides is 1. The first kappa shape index (κ1) is 12.7. The van der Waals surface area contributed by atoms with E-state index in [0.717, 1.165) is 0 Å². The number of pyridine rings is 1. The monoisotopic (exact) mass is 261 g/mol. The third-order valence-electron chi connectivity index (χ3n) is 2.46. The standard InChI is InChI=1S/C11H11N5O3/c1-15(8-3-2-4-12-5-8)10(17)7-16-6-9(11(18)19)13-14-16/h2-6H,7H2,1H3,(H,18,19). The number of carbonyl (C=O) groups excluding carboxylic acids is 1. The topological polar surface area (TPSA) is 101 Å². The van der Waals surface area contributed by atoms with E-state index in [1.165, 1.54) is 15.8 Å². The summed E-state index contributed by atoms with van der Waals surface area (Å²) in [5.74, 6) is -1.44. The van der Waals surface area contributed by atoms with Gasteiger partial charge in [0.1, 0.15) is 6.54 Å². The van der Waals surface area contributed by atoms with Gasteiger partial charge in [0.25, 0.3) is 0 Å². The van der Waals surface area contributed by atoms with Gasteiger partial charge >= 0.3 is 5.97 Å². The smallest absolute Gasteiger partial charge is 0.358 e. The minimum Gasteiger partial charge on any atom is -0.476 e. The van der Waals surface area contributed by atoms with Crippen LogP contribution in [0.3, 0.4) is 0 Å². The Morgan fingerprint density at radius 3 is 2.84 bits per heavy atom. The fourth-order valence-electron chi connectivity index (χ4n) is 1.41. The van der Waals surface area contributed by atoms with Crippen LogP contribution in [0.25, 0.3) is 0 Å². The predicted octanol–water partition coefficient (Wildman–Crippen LogP) is 0.0343. The minimum absolute atomic E-state index is 0.0916. The molecule has 1 amide bonds. The maximum Gasteiger partial charge on any atom is 0.358 e. The van der Waals surface area contributed by atoms with Gasteiger partial charge in [-0.25, -0.2) is 9.48 Å². The predicted molar refractivity (Wildman–Crippen MR) is 64.6 cm³/mol. The highest BCUT2D eigenvalue weighted by atomic mass is 16.4. The van der Waals surface area contributed by atoms with Gasteiger partial charge in [0, 0.05) is 13.2 Å². The molecule has 0 aliphatic heterocycles. The molecule has 98 valence electrons. The van der Waals surface area contributed by atoms with E-state index in [2.05, 4.69) is 15.3 Å². The largest absolute Gasteiger partial charge is 0.476 e. The summed E-state index contributed by atoms with van der Waals surface area (Å²) in [7, 11) is 1.61. The van der Waals surface area contributed by atoms with Gasteiger partial charge in [-0.3, -0.25) is 9.78 Å². The Kier molecular flexibility index (Phi) is 3.51. The number of aromatic carboxylic acids is 1. The van der Waals surface area contributed by atoms with Crippen LogP contribution in [-0.4, -0.2) is 44.0 Å². The van der Waals surface area contributed by atoms with Gasteiger partial charge in [-0.15, -0.1) is 5.10 Å². The second-order valence-electron chi connectivity index (χ2n) is 3.77. The minimum atomic E-state index is -1.18. The van der Waals surface area contributed by atoms with Crippen molar-refractivity contribution in [2.24, 2.45) is 0 Å². The summed E-state index contributed by atoms with van der Waals surface area (Å²) in [6.45, 7) is -0.0916. The second-order valence-corrected chi connectivity index (χ2v) is 3.77. The maximum absolute atomic E-state index is 12.0. The lowest BCUT2D eigenvalue weighted by atomic mass is 10.3. The molecule has 0 unspecified atom stereocenters. The molecule has 2 aromatic rings. The Hall–Kier alpha value is -2.77. The molecular weight excluding hydrogens is 250 g/mol. The number of aromatic nitrogens is 4. The van der Waals surface area contributed by atoms with Crippen LogP contribution in [0.5, 0.6) is 0 Å². The SMILES string of the molecule is CN(C(=O)Cn1cc(C(=O)O)nn1)c1cccnc1. The normalized spacial score (nSPS) is 10.2. The van der Waals surface area contributed by atoms with E-state index in [0.29, 0.717) is 5.69 Å². The Morgan fingerprint density at radius 2 is 2.26 bits per heavy atom. The molecule has 0 spiro atoms. The number of hydrogen-bond acceptors (Lipinski definition) is 5. The summed E-state index contributed by atoms with van der Waals surface area (Å²) in [6, 6.07) is 3.46. The molecule has 2 heterocycles. The molecule has 0 atom stereocenters. The van der Waals surface area contributed by atoms with Crippen molar-refractivity contribution < 1.29 is 14.7 Å². The van der Waals surface area contributed by atoms with Gasteiger partial charge in [-0.1, -0.05) is 5.21 Å². The lowest BCUT2D eigenvalue weighted by molar-refractivity contribution is -0.119. The van der Waals surface area contributed by atoms with Crippen LogP contribution in [0.4, 0.5) is 5.69 Å². The number of likely N-dealkylation sites (N-methyl/N-ethyl adjacent to an activating group) is 1. The van der Waals surface area contributed by atoms with Crippen LogP contribution in [0.1, 0.15) is 10.5 Å². The molecule has 0 bridgehead atoms. The molecular formula is C11H11N5O3. The zero-order valence-electron chi connectivity index (χ0n) is 10.1. The van der Waals surface area contributed by atoms with E-state index < -0.39 is 5.97 Å². The van der Waals surface area contributed by atoms with Crippen molar-refractivity contribution in [2.45, 2.75) is 6.54 Å². The number of nitrogens with zero attached hydrogens (tertiary/aromatic N) is 5. The number of hydrogen-bond donors (Lipinski definition) is 1. The van der Waals surface area contributed by atoms with Crippen LogP contribution < -0.4 is 4.90 Å². The van der Waals surface area contributed by atoms with E-state index in [9.17, 15) is 9.59 Å². The third kappa shape index (κ3) is 2.92. The molecule has 8 nitrogen and oxygen atoms in total. The Morgan fingerprint density at radius 1 is 1.47 bits per heavy atom. The fraction of sp³-hybridized carbons (Fsp3) is 0.182. The number of carboxylic acid groups (broad SMARTS) is 1. The van der Waals surface area contributed by atoms with E-state index in [1.54, 1.807) is 31.6 Å². The molecule has 0 saturated heterocycles. The summed E-state index contributed by atoms with van der Waals surface area (Å²) in [6.07, 6.45) is 4.37. The molecule has 1 N–H and O–H groups in total. The van der Waals surface area contributed by atoms with E-state index in [1.807, 2.05) is 0 Å². The van der Waals surface area contributed by atoms with E-state index in [4.69, 9.17) is 5.11 Å². The molecule has 0 aromatic carbocycles. The highest BCUT2D eigenvalue weighted by Crippen LogP contribution is 2.09. The van der Waals surface area contributed by atoms with Crippen molar-refractivity contribution in [2.75, 3.05) is 11.9 Å². The molecule has 8 heteroatoms. The van der Waals surface area contributed by atoms with Crippen molar-refractivity contribution in [1.29, 1.82) is 0 Å². The van der Waals surface area contributed by atoms with Crippen LogP contribution in [0, 0.1) is 0 Å². The molecule has 0 radical (unpaired) electrons. The van der Waals surface area contributed by atoms with Crippen LogP contribution >= 0.6 is 0 Å². The van der Waals surface area contributed by atoms with Gasteiger partial charge in [-0.05, 0) is 12.1 Å². The summed E-state index contributed by atoms with van der Waals surface area (Å²) in [5.41, 5.74) is 0.447. The number of carbonyl (C=O) groups is 2. The molecule has 0 fully saturated rings. The molecule has 0 saturated carbocycles. The summed E-state index contributed by atoms with van der Waals surface area (Å²) < 4.78 is 1.18. The van der Waals surface area contributed by atoms with Gasteiger partial charge in [-0.2, -0.15) is 0 Å². The number of carboxylic acids is 1. The van der Waals surface area contributed by atoms with Gasteiger partial charge in [0.05, 0.1) is 18.1 Å². The maximum atomic E-state index is 12.0. The fourth-order valence-corrected chi connectivity index (χ4v) is 1.41. The summed E-state index contributed by atoms with van der Waals surface area (Å²) >= 11 is 0. The highest BCUT2D eigenvalue weighted by molar-refractivity contribution is 5.92. The van der Waals surface area contributed by atoms with Crippen LogP contribution in [0.15, 0.2) is 30.7 Å². The van der Waals surface area contributed by atoms with E-state index in [-0.39, 0.29) is 18.1 Å². The average molecular weight is 261 g/mol. The first-order valence-electron chi connectivity index (χ1n) is 5.38. The molecule has 19 heavy (non-hydrogen) atoms. The van der Waals surface area contributed by atoms with Crippen molar-refractivity contribution in [3.63, 3.8) is 0 Å². The molecule has 2 aromatic heterocycles. The molecule has 0 aliphatic rings. The Labute approximate surface area is 108 Å². The average Bonchev–Trinajstić information content (AvgIpc) is 2.87. The Balaban J connectivity index is 2.06. The van der Waals surface area contributed by atoms with Crippen molar-refractivity contribution >= 4 is 17.6 Å². The number of anilines is 1. The highest BCUT2D eigenvalue weighted by Gasteiger charge is 2.14.